The first kappa shape index (κ1) is 14.9. The predicted molar refractivity (Wildman–Crippen MR) is 91.6 cm³/mol. The summed E-state index contributed by atoms with van der Waals surface area (Å²) in [6.07, 6.45) is 1.71. The number of thiophene rings is 1. The van der Waals surface area contributed by atoms with E-state index in [-0.39, 0.29) is 6.61 Å². The number of benzene rings is 1. The Bertz CT molecular complexity index is 755. The molecule has 114 valence electrons. The molecule has 4 nitrogen and oxygen atoms in total. The lowest BCUT2D eigenvalue weighted by atomic mass is 10.1. The monoisotopic (exact) mass is 313 g/mol. The summed E-state index contributed by atoms with van der Waals surface area (Å²) in [6.45, 7) is 2.72. The summed E-state index contributed by atoms with van der Waals surface area (Å²) in [5.41, 5.74) is 1.20. The van der Waals surface area contributed by atoms with Crippen LogP contribution in [0, 0.1) is 0 Å². The molecule has 0 aliphatic rings. The van der Waals surface area contributed by atoms with E-state index in [0.29, 0.717) is 13.0 Å². The zero-order chi connectivity index (χ0) is 15.4. The third-order valence-electron chi connectivity index (χ3n) is 3.45. The van der Waals surface area contributed by atoms with Gasteiger partial charge in [-0.05, 0) is 18.1 Å². The molecule has 0 bridgehead atoms. The Hall–Kier alpha value is -1.98. The average Bonchev–Trinajstić information content (AvgIpc) is 2.97. The minimum absolute atomic E-state index is 0.0876. The van der Waals surface area contributed by atoms with Crippen molar-refractivity contribution in [2.45, 2.75) is 19.8 Å². The van der Waals surface area contributed by atoms with E-state index in [0.717, 1.165) is 28.3 Å². The van der Waals surface area contributed by atoms with Crippen molar-refractivity contribution in [3.8, 4) is 0 Å². The van der Waals surface area contributed by atoms with Gasteiger partial charge in [0.1, 0.15) is 16.5 Å². The number of hydrogen-bond donors (Lipinski definition) is 2. The SMILES string of the molecule is CCc1cc2c(NCCO)nc(Cc3ccccc3)nc2s1. The molecular formula is C17H19N3OS. The van der Waals surface area contributed by atoms with Crippen LogP contribution in [-0.4, -0.2) is 28.2 Å². The Morgan fingerprint density at radius 3 is 2.73 bits per heavy atom. The maximum absolute atomic E-state index is 9.05. The van der Waals surface area contributed by atoms with Gasteiger partial charge in [0.25, 0.3) is 0 Å². The molecular weight excluding hydrogens is 294 g/mol. The van der Waals surface area contributed by atoms with Gasteiger partial charge in [-0.25, -0.2) is 9.97 Å². The van der Waals surface area contributed by atoms with Gasteiger partial charge in [0.15, 0.2) is 0 Å². The average molecular weight is 313 g/mol. The molecule has 0 saturated heterocycles. The van der Waals surface area contributed by atoms with E-state index in [9.17, 15) is 0 Å². The fourth-order valence-corrected chi connectivity index (χ4v) is 3.34. The third kappa shape index (κ3) is 3.26. The number of aryl methyl sites for hydroxylation is 1. The van der Waals surface area contributed by atoms with Gasteiger partial charge in [0.05, 0.1) is 12.0 Å². The third-order valence-corrected chi connectivity index (χ3v) is 4.62. The van der Waals surface area contributed by atoms with Gasteiger partial charge >= 0.3 is 0 Å². The second-order valence-electron chi connectivity index (χ2n) is 5.09. The minimum Gasteiger partial charge on any atom is -0.395 e. The Labute approximate surface area is 133 Å². The fraction of sp³-hybridized carbons (Fsp3) is 0.294. The highest BCUT2D eigenvalue weighted by molar-refractivity contribution is 7.18. The lowest BCUT2D eigenvalue weighted by Crippen LogP contribution is -2.09. The molecule has 0 radical (unpaired) electrons. The van der Waals surface area contributed by atoms with Crippen LogP contribution >= 0.6 is 11.3 Å². The Kier molecular flexibility index (Phi) is 4.65. The van der Waals surface area contributed by atoms with Gasteiger partial charge in [-0.15, -0.1) is 11.3 Å². The number of rotatable bonds is 6. The van der Waals surface area contributed by atoms with Crippen LogP contribution in [0.4, 0.5) is 5.82 Å². The summed E-state index contributed by atoms with van der Waals surface area (Å²) in [4.78, 5) is 11.7. The molecule has 5 heteroatoms. The van der Waals surface area contributed by atoms with Gasteiger partial charge in [-0.1, -0.05) is 37.3 Å². The van der Waals surface area contributed by atoms with Crippen molar-refractivity contribution in [1.29, 1.82) is 0 Å². The number of nitrogens with zero attached hydrogens (tertiary/aromatic N) is 2. The minimum atomic E-state index is 0.0876. The van der Waals surface area contributed by atoms with Crippen molar-refractivity contribution in [1.82, 2.24) is 9.97 Å². The normalized spacial score (nSPS) is 11.0. The van der Waals surface area contributed by atoms with Crippen LogP contribution in [0.3, 0.4) is 0 Å². The summed E-state index contributed by atoms with van der Waals surface area (Å²) in [5, 5.41) is 13.3. The van der Waals surface area contributed by atoms with E-state index in [4.69, 9.17) is 10.1 Å². The number of hydrogen-bond acceptors (Lipinski definition) is 5. The lowest BCUT2D eigenvalue weighted by molar-refractivity contribution is 0.311. The summed E-state index contributed by atoms with van der Waals surface area (Å²) in [5.74, 6) is 1.63. The first-order valence-electron chi connectivity index (χ1n) is 7.48. The largest absolute Gasteiger partial charge is 0.395 e. The molecule has 0 aliphatic heterocycles. The first-order chi connectivity index (χ1) is 10.8. The molecule has 0 saturated carbocycles. The maximum atomic E-state index is 9.05. The molecule has 3 aromatic rings. The molecule has 0 unspecified atom stereocenters. The van der Waals surface area contributed by atoms with Crippen LogP contribution in [0.1, 0.15) is 23.2 Å². The number of aliphatic hydroxyl groups is 1. The van der Waals surface area contributed by atoms with Crippen molar-refractivity contribution in [3.63, 3.8) is 0 Å². The molecule has 0 fully saturated rings. The quantitative estimate of drug-likeness (QED) is 0.733. The molecule has 2 heterocycles. The summed E-state index contributed by atoms with van der Waals surface area (Å²) in [7, 11) is 0. The molecule has 3 rings (SSSR count). The molecule has 0 aliphatic carbocycles. The summed E-state index contributed by atoms with van der Waals surface area (Å²) >= 11 is 1.72. The summed E-state index contributed by atoms with van der Waals surface area (Å²) in [6, 6.07) is 12.4. The van der Waals surface area contributed by atoms with Crippen LogP contribution in [0.5, 0.6) is 0 Å². The second kappa shape index (κ2) is 6.85. The highest BCUT2D eigenvalue weighted by Crippen LogP contribution is 2.29. The Balaban J connectivity index is 1.99. The van der Waals surface area contributed by atoms with Gasteiger partial charge < -0.3 is 10.4 Å². The van der Waals surface area contributed by atoms with Gasteiger partial charge in [0.2, 0.25) is 0 Å². The molecule has 2 N–H and O–H groups in total. The van der Waals surface area contributed by atoms with Gasteiger partial charge in [-0.2, -0.15) is 0 Å². The van der Waals surface area contributed by atoms with E-state index >= 15 is 0 Å². The Morgan fingerprint density at radius 2 is 2.00 bits per heavy atom. The van der Waals surface area contributed by atoms with Crippen molar-refractivity contribution < 1.29 is 5.11 Å². The van der Waals surface area contributed by atoms with Crippen molar-refractivity contribution in [2.75, 3.05) is 18.5 Å². The lowest BCUT2D eigenvalue weighted by Gasteiger charge is -2.07. The zero-order valence-corrected chi connectivity index (χ0v) is 13.4. The molecule has 2 aromatic heterocycles. The van der Waals surface area contributed by atoms with E-state index in [2.05, 4.69) is 35.4 Å². The number of anilines is 1. The highest BCUT2D eigenvalue weighted by Gasteiger charge is 2.11. The number of aromatic nitrogens is 2. The Morgan fingerprint density at radius 1 is 1.18 bits per heavy atom. The van der Waals surface area contributed by atoms with Gasteiger partial charge in [0, 0.05) is 17.8 Å². The van der Waals surface area contributed by atoms with Crippen molar-refractivity contribution in [3.05, 3.63) is 52.7 Å². The maximum Gasteiger partial charge on any atom is 0.138 e. The number of aliphatic hydroxyl groups excluding tert-OH is 1. The van der Waals surface area contributed by atoms with Crippen molar-refractivity contribution in [2.24, 2.45) is 0 Å². The van der Waals surface area contributed by atoms with Crippen LogP contribution < -0.4 is 5.32 Å². The highest BCUT2D eigenvalue weighted by atomic mass is 32.1. The van der Waals surface area contributed by atoms with Crippen LogP contribution in [0.2, 0.25) is 0 Å². The number of fused-ring (bicyclic) bond motifs is 1. The van der Waals surface area contributed by atoms with Crippen LogP contribution in [-0.2, 0) is 12.8 Å². The van der Waals surface area contributed by atoms with Crippen molar-refractivity contribution >= 4 is 27.4 Å². The van der Waals surface area contributed by atoms with Crippen LogP contribution in [0.25, 0.3) is 10.2 Å². The first-order valence-corrected chi connectivity index (χ1v) is 8.29. The summed E-state index contributed by atoms with van der Waals surface area (Å²) < 4.78 is 0. The van der Waals surface area contributed by atoms with E-state index in [1.165, 1.54) is 10.4 Å². The molecule has 0 spiro atoms. The molecule has 0 atom stereocenters. The smallest absolute Gasteiger partial charge is 0.138 e. The standard InChI is InChI=1S/C17H19N3OS/c1-2-13-11-14-16(18-8-9-21)19-15(20-17(14)22-13)10-12-6-4-3-5-7-12/h3-7,11,21H,2,8-10H2,1H3,(H,18,19,20). The zero-order valence-electron chi connectivity index (χ0n) is 12.5. The predicted octanol–water partition coefficient (Wildman–Crippen LogP) is 3.25. The topological polar surface area (TPSA) is 58.0 Å². The van der Waals surface area contributed by atoms with E-state index < -0.39 is 0 Å². The molecule has 1 aromatic carbocycles. The van der Waals surface area contributed by atoms with Crippen LogP contribution in [0.15, 0.2) is 36.4 Å². The fourth-order valence-electron chi connectivity index (χ4n) is 2.36. The van der Waals surface area contributed by atoms with E-state index in [1.807, 2.05) is 18.2 Å². The molecule has 0 amide bonds. The number of nitrogens with one attached hydrogen (secondary N) is 1. The van der Waals surface area contributed by atoms with Gasteiger partial charge in [-0.3, -0.25) is 0 Å². The second-order valence-corrected chi connectivity index (χ2v) is 6.20. The van der Waals surface area contributed by atoms with E-state index in [1.54, 1.807) is 11.3 Å². The molecule has 22 heavy (non-hydrogen) atoms.